The van der Waals surface area contributed by atoms with Crippen molar-refractivity contribution in [3.63, 3.8) is 0 Å². The first-order valence-electron chi connectivity index (χ1n) is 5.64. The van der Waals surface area contributed by atoms with Crippen molar-refractivity contribution in [2.45, 2.75) is 59.8 Å². The molecule has 1 nitrogen and oxygen atoms in total. The zero-order chi connectivity index (χ0) is 10.3. The number of Topliss-reactive ketones (excluding diaryl/α,β-unsaturated/α-hetero) is 1. The molecule has 0 spiro atoms. The summed E-state index contributed by atoms with van der Waals surface area (Å²) in [5, 5.41) is 0. The predicted octanol–water partition coefficient (Wildman–Crippen LogP) is 3.82. The zero-order valence-corrected chi connectivity index (χ0v) is 9.60. The molecule has 0 aromatic carbocycles. The highest BCUT2D eigenvalue weighted by atomic mass is 16.1. The van der Waals surface area contributed by atoms with E-state index in [0.717, 1.165) is 19.3 Å². The molecule has 1 atom stereocenters. The fourth-order valence-electron chi connectivity index (χ4n) is 1.61. The fourth-order valence-corrected chi connectivity index (χ4v) is 1.61. The van der Waals surface area contributed by atoms with Gasteiger partial charge in [-0.15, -0.1) is 0 Å². The standard InChI is InChI=1S/C12H24O/c1-5-7-8-11(6-2)12(13)9-10(3)4/h10-11H,5-9H2,1-4H3. The summed E-state index contributed by atoms with van der Waals surface area (Å²) < 4.78 is 0. The maximum absolute atomic E-state index is 11.7. The first-order chi connectivity index (χ1) is 6.11. The molecular weight excluding hydrogens is 160 g/mol. The Morgan fingerprint density at radius 1 is 1.23 bits per heavy atom. The van der Waals surface area contributed by atoms with Crippen LogP contribution in [0.25, 0.3) is 0 Å². The smallest absolute Gasteiger partial charge is 0.136 e. The Morgan fingerprint density at radius 2 is 1.85 bits per heavy atom. The minimum absolute atomic E-state index is 0.336. The molecule has 0 aromatic heterocycles. The van der Waals surface area contributed by atoms with E-state index in [2.05, 4.69) is 27.7 Å². The quantitative estimate of drug-likeness (QED) is 0.588. The van der Waals surface area contributed by atoms with Crippen LogP contribution in [0.3, 0.4) is 0 Å². The first-order valence-corrected chi connectivity index (χ1v) is 5.64. The molecule has 0 aliphatic carbocycles. The fraction of sp³-hybridized carbons (Fsp3) is 0.917. The van der Waals surface area contributed by atoms with Gasteiger partial charge < -0.3 is 0 Å². The number of hydrogen-bond acceptors (Lipinski definition) is 1. The molecule has 0 N–H and O–H groups in total. The van der Waals surface area contributed by atoms with E-state index in [9.17, 15) is 4.79 Å². The second kappa shape index (κ2) is 7.11. The highest BCUT2D eigenvalue weighted by Gasteiger charge is 2.16. The van der Waals surface area contributed by atoms with Gasteiger partial charge in [-0.25, -0.2) is 0 Å². The van der Waals surface area contributed by atoms with Crippen LogP contribution in [0.15, 0.2) is 0 Å². The summed E-state index contributed by atoms with van der Waals surface area (Å²) in [7, 11) is 0. The van der Waals surface area contributed by atoms with E-state index >= 15 is 0 Å². The van der Waals surface area contributed by atoms with Crippen molar-refractivity contribution in [1.82, 2.24) is 0 Å². The van der Waals surface area contributed by atoms with E-state index in [-0.39, 0.29) is 0 Å². The Morgan fingerprint density at radius 3 is 2.23 bits per heavy atom. The molecule has 1 heteroatoms. The van der Waals surface area contributed by atoms with Gasteiger partial charge in [-0.05, 0) is 18.8 Å². The van der Waals surface area contributed by atoms with Gasteiger partial charge in [0.05, 0.1) is 0 Å². The van der Waals surface area contributed by atoms with Crippen molar-refractivity contribution in [1.29, 1.82) is 0 Å². The van der Waals surface area contributed by atoms with Gasteiger partial charge in [0.1, 0.15) is 5.78 Å². The maximum atomic E-state index is 11.7. The van der Waals surface area contributed by atoms with Crippen LogP contribution in [0.5, 0.6) is 0 Å². The molecule has 0 aromatic rings. The Labute approximate surface area is 82.9 Å². The summed E-state index contributed by atoms with van der Waals surface area (Å²) in [6.07, 6.45) is 5.28. The summed E-state index contributed by atoms with van der Waals surface area (Å²) in [5.41, 5.74) is 0. The lowest BCUT2D eigenvalue weighted by molar-refractivity contribution is -0.123. The van der Waals surface area contributed by atoms with Crippen molar-refractivity contribution < 1.29 is 4.79 Å². The lowest BCUT2D eigenvalue weighted by atomic mass is 9.90. The molecule has 0 aliphatic heterocycles. The van der Waals surface area contributed by atoms with E-state index in [1.165, 1.54) is 12.8 Å². The molecule has 0 rings (SSSR count). The molecule has 13 heavy (non-hydrogen) atoms. The van der Waals surface area contributed by atoms with E-state index in [4.69, 9.17) is 0 Å². The molecule has 78 valence electrons. The third-order valence-electron chi connectivity index (χ3n) is 2.46. The lowest BCUT2D eigenvalue weighted by Crippen LogP contribution is -2.15. The Hall–Kier alpha value is -0.330. The van der Waals surface area contributed by atoms with Gasteiger partial charge in [0, 0.05) is 12.3 Å². The predicted molar refractivity (Wildman–Crippen MR) is 57.8 cm³/mol. The van der Waals surface area contributed by atoms with Crippen LogP contribution < -0.4 is 0 Å². The Kier molecular flexibility index (Phi) is 6.93. The summed E-state index contributed by atoms with van der Waals surface area (Å²) in [4.78, 5) is 11.7. The van der Waals surface area contributed by atoms with Crippen molar-refractivity contribution in [3.05, 3.63) is 0 Å². The van der Waals surface area contributed by atoms with Gasteiger partial charge in [-0.3, -0.25) is 4.79 Å². The van der Waals surface area contributed by atoms with Crippen LogP contribution in [0.1, 0.15) is 59.8 Å². The molecule has 0 heterocycles. The van der Waals surface area contributed by atoms with E-state index in [0.29, 0.717) is 17.6 Å². The normalized spacial score (nSPS) is 13.3. The number of carbonyl (C=O) groups excluding carboxylic acids is 1. The van der Waals surface area contributed by atoms with Crippen molar-refractivity contribution in [3.8, 4) is 0 Å². The van der Waals surface area contributed by atoms with E-state index in [1.807, 2.05) is 0 Å². The third kappa shape index (κ3) is 5.84. The van der Waals surface area contributed by atoms with Gasteiger partial charge in [0.2, 0.25) is 0 Å². The van der Waals surface area contributed by atoms with E-state index < -0.39 is 0 Å². The van der Waals surface area contributed by atoms with Crippen LogP contribution in [0, 0.1) is 11.8 Å². The molecule has 0 fully saturated rings. The summed E-state index contributed by atoms with van der Waals surface area (Å²) in [6.45, 7) is 8.53. The molecular formula is C12H24O. The average Bonchev–Trinajstić information content (AvgIpc) is 2.04. The van der Waals surface area contributed by atoms with Crippen LogP contribution >= 0.6 is 0 Å². The van der Waals surface area contributed by atoms with Crippen LogP contribution in [-0.2, 0) is 4.79 Å². The summed E-state index contributed by atoms with van der Waals surface area (Å²) >= 11 is 0. The molecule has 0 saturated heterocycles. The summed E-state index contributed by atoms with van der Waals surface area (Å²) in [6, 6.07) is 0. The van der Waals surface area contributed by atoms with E-state index in [1.54, 1.807) is 0 Å². The summed E-state index contributed by atoms with van der Waals surface area (Å²) in [5.74, 6) is 1.33. The average molecular weight is 184 g/mol. The molecule has 0 saturated carbocycles. The first kappa shape index (κ1) is 12.7. The lowest BCUT2D eigenvalue weighted by Gasteiger charge is -2.14. The van der Waals surface area contributed by atoms with Gasteiger partial charge >= 0.3 is 0 Å². The van der Waals surface area contributed by atoms with Gasteiger partial charge in [-0.1, -0.05) is 40.5 Å². The minimum atomic E-state index is 0.336. The van der Waals surface area contributed by atoms with Crippen molar-refractivity contribution in [2.75, 3.05) is 0 Å². The molecule has 0 bridgehead atoms. The van der Waals surface area contributed by atoms with Gasteiger partial charge in [0.15, 0.2) is 0 Å². The van der Waals surface area contributed by atoms with Gasteiger partial charge in [0.25, 0.3) is 0 Å². The second-order valence-electron chi connectivity index (χ2n) is 4.31. The number of carbonyl (C=O) groups is 1. The third-order valence-corrected chi connectivity index (χ3v) is 2.46. The van der Waals surface area contributed by atoms with Crippen molar-refractivity contribution >= 4 is 5.78 Å². The van der Waals surface area contributed by atoms with Crippen LogP contribution in [-0.4, -0.2) is 5.78 Å². The number of rotatable bonds is 7. The molecule has 1 unspecified atom stereocenters. The van der Waals surface area contributed by atoms with Crippen molar-refractivity contribution in [2.24, 2.45) is 11.8 Å². The molecule has 0 amide bonds. The number of hydrogen-bond donors (Lipinski definition) is 0. The Bertz CT molecular complexity index is 138. The minimum Gasteiger partial charge on any atom is -0.299 e. The van der Waals surface area contributed by atoms with Crippen LogP contribution in [0.2, 0.25) is 0 Å². The number of unbranched alkanes of at least 4 members (excludes halogenated alkanes) is 1. The molecule has 0 radical (unpaired) electrons. The van der Waals surface area contributed by atoms with Gasteiger partial charge in [-0.2, -0.15) is 0 Å². The number of ketones is 1. The monoisotopic (exact) mass is 184 g/mol. The highest BCUT2D eigenvalue weighted by Crippen LogP contribution is 2.17. The Balaban J connectivity index is 3.84. The van der Waals surface area contributed by atoms with Crippen LogP contribution in [0.4, 0.5) is 0 Å². The maximum Gasteiger partial charge on any atom is 0.136 e. The second-order valence-corrected chi connectivity index (χ2v) is 4.31. The topological polar surface area (TPSA) is 17.1 Å². The highest BCUT2D eigenvalue weighted by molar-refractivity contribution is 5.81. The SMILES string of the molecule is CCCCC(CC)C(=O)CC(C)C. The molecule has 0 aliphatic rings. The largest absolute Gasteiger partial charge is 0.299 e. The zero-order valence-electron chi connectivity index (χ0n) is 9.60.